The predicted octanol–water partition coefficient (Wildman–Crippen LogP) is 6.39. The highest BCUT2D eigenvalue weighted by atomic mass is 19.1. The van der Waals surface area contributed by atoms with Crippen molar-refractivity contribution < 1.29 is 38.1 Å². The van der Waals surface area contributed by atoms with Gasteiger partial charge in [0.05, 0.1) is 39.5 Å². The molecule has 0 saturated carbocycles. The van der Waals surface area contributed by atoms with Crippen LogP contribution in [0.1, 0.15) is 54.5 Å². The van der Waals surface area contributed by atoms with Crippen LogP contribution in [0.5, 0.6) is 11.5 Å². The molecular weight excluding hydrogens is 603 g/mol. The molecule has 0 unspecified atom stereocenters. The first-order valence-corrected chi connectivity index (χ1v) is 15.1. The number of nitrogens with one attached hydrogen (secondary N) is 1. The Morgan fingerprint density at radius 1 is 0.872 bits per heavy atom. The third kappa shape index (κ3) is 8.33. The van der Waals surface area contributed by atoms with Crippen LogP contribution in [0.25, 0.3) is 28.3 Å². The van der Waals surface area contributed by atoms with E-state index < -0.39 is 23.7 Å². The summed E-state index contributed by atoms with van der Waals surface area (Å²) in [6.45, 7) is 4.03. The molecule has 3 aromatic carbocycles. The average molecular weight is 643 g/mol. The van der Waals surface area contributed by atoms with E-state index in [0.29, 0.717) is 39.6 Å². The van der Waals surface area contributed by atoms with Crippen LogP contribution in [-0.2, 0) is 20.9 Å². The van der Waals surface area contributed by atoms with Gasteiger partial charge in [0.25, 0.3) is 5.91 Å². The number of esters is 1. The molecule has 2 N–H and O–H groups in total. The molecule has 246 valence electrons. The standard InChI is InChI=1S/C37H39FN2O7/c1-23(2)40-30(17-16-28(41)20-29(42)21-33(43)47-5)34(26-12-14-27(38)15-13-26)35(25-9-7-6-8-10-25)36(40)37(44)39-22-24-11-18-31(45-3)32(19-24)46-4/h6-19,23,29,42H,20-22H2,1-5H3,(H,39,44)/b17-16+/t29-/m1/s1. The van der Waals surface area contributed by atoms with Crippen molar-refractivity contribution in [2.24, 2.45) is 0 Å². The van der Waals surface area contributed by atoms with E-state index in [1.807, 2.05) is 54.8 Å². The largest absolute Gasteiger partial charge is 0.493 e. The van der Waals surface area contributed by atoms with Crippen molar-refractivity contribution in [3.8, 4) is 33.8 Å². The van der Waals surface area contributed by atoms with Crippen LogP contribution in [0.2, 0.25) is 0 Å². The molecule has 0 aliphatic carbocycles. The summed E-state index contributed by atoms with van der Waals surface area (Å²) >= 11 is 0. The lowest BCUT2D eigenvalue weighted by Crippen LogP contribution is -2.27. The average Bonchev–Trinajstić information content (AvgIpc) is 3.42. The number of allylic oxidation sites excluding steroid dienone is 1. The SMILES string of the molecule is COC(=O)C[C@H](O)CC(=O)/C=C/c1c(-c2ccc(F)cc2)c(-c2ccccc2)c(C(=O)NCc2ccc(OC)c(OC)c2)n1C(C)C. The smallest absolute Gasteiger partial charge is 0.308 e. The number of amides is 1. The van der Waals surface area contributed by atoms with Crippen LogP contribution in [0, 0.1) is 5.82 Å². The van der Waals surface area contributed by atoms with Crippen molar-refractivity contribution in [1.82, 2.24) is 9.88 Å². The zero-order chi connectivity index (χ0) is 34.1. The first-order valence-electron chi connectivity index (χ1n) is 15.1. The number of hydrogen-bond acceptors (Lipinski definition) is 7. The van der Waals surface area contributed by atoms with E-state index in [-0.39, 0.29) is 31.3 Å². The van der Waals surface area contributed by atoms with E-state index in [1.54, 1.807) is 44.6 Å². The van der Waals surface area contributed by atoms with Gasteiger partial charge in [0, 0.05) is 30.1 Å². The quantitative estimate of drug-likeness (QED) is 0.121. The number of ketones is 1. The molecule has 4 aromatic rings. The van der Waals surface area contributed by atoms with Gasteiger partial charge in [0.1, 0.15) is 11.5 Å². The van der Waals surface area contributed by atoms with Crippen molar-refractivity contribution in [2.45, 2.75) is 45.4 Å². The van der Waals surface area contributed by atoms with Gasteiger partial charge in [-0.05, 0) is 67.0 Å². The Kier molecular flexibility index (Phi) is 11.7. The highest BCUT2D eigenvalue weighted by Crippen LogP contribution is 2.42. The fourth-order valence-corrected chi connectivity index (χ4v) is 5.40. The molecule has 0 radical (unpaired) electrons. The highest BCUT2D eigenvalue weighted by Gasteiger charge is 2.29. The summed E-state index contributed by atoms with van der Waals surface area (Å²) in [6, 6.07) is 20.5. The van der Waals surface area contributed by atoms with Gasteiger partial charge in [-0.3, -0.25) is 14.4 Å². The number of benzene rings is 3. The molecule has 4 rings (SSSR count). The number of aliphatic hydroxyl groups is 1. The van der Waals surface area contributed by atoms with Crippen LogP contribution < -0.4 is 14.8 Å². The minimum absolute atomic E-state index is 0.185. The summed E-state index contributed by atoms with van der Waals surface area (Å²) in [5.41, 5.74) is 4.29. The Hall–Kier alpha value is -5.22. The lowest BCUT2D eigenvalue weighted by Gasteiger charge is -2.17. The Morgan fingerprint density at radius 3 is 2.15 bits per heavy atom. The molecule has 47 heavy (non-hydrogen) atoms. The lowest BCUT2D eigenvalue weighted by molar-refractivity contribution is -0.143. The van der Waals surface area contributed by atoms with E-state index in [2.05, 4.69) is 10.1 Å². The second-order valence-corrected chi connectivity index (χ2v) is 11.1. The molecule has 1 heterocycles. The maximum absolute atomic E-state index is 14.3. The molecule has 1 atom stereocenters. The van der Waals surface area contributed by atoms with Crippen LogP contribution >= 0.6 is 0 Å². The van der Waals surface area contributed by atoms with Gasteiger partial charge in [0.15, 0.2) is 17.3 Å². The maximum atomic E-state index is 14.3. The maximum Gasteiger partial charge on any atom is 0.308 e. The minimum Gasteiger partial charge on any atom is -0.493 e. The zero-order valence-corrected chi connectivity index (χ0v) is 27.1. The highest BCUT2D eigenvalue weighted by molar-refractivity contribution is 6.07. The zero-order valence-electron chi connectivity index (χ0n) is 27.1. The molecule has 0 spiro atoms. The second kappa shape index (κ2) is 15.9. The van der Waals surface area contributed by atoms with Crippen LogP contribution in [0.15, 0.2) is 78.9 Å². The Morgan fingerprint density at radius 2 is 1.53 bits per heavy atom. The third-order valence-electron chi connectivity index (χ3n) is 7.57. The monoisotopic (exact) mass is 642 g/mol. The topological polar surface area (TPSA) is 116 Å². The summed E-state index contributed by atoms with van der Waals surface area (Å²) in [6.07, 6.45) is 1.09. The van der Waals surface area contributed by atoms with E-state index in [9.17, 15) is 23.9 Å². The van der Waals surface area contributed by atoms with Gasteiger partial charge >= 0.3 is 5.97 Å². The number of aromatic nitrogens is 1. The Balaban J connectivity index is 1.87. The molecule has 1 amide bonds. The van der Waals surface area contributed by atoms with E-state index in [4.69, 9.17) is 9.47 Å². The van der Waals surface area contributed by atoms with Crippen LogP contribution in [0.4, 0.5) is 4.39 Å². The molecule has 0 fully saturated rings. The molecule has 0 aliphatic heterocycles. The summed E-state index contributed by atoms with van der Waals surface area (Å²) in [7, 11) is 4.30. The summed E-state index contributed by atoms with van der Waals surface area (Å²) in [5, 5.41) is 13.3. The number of carbonyl (C=O) groups is 3. The van der Waals surface area contributed by atoms with Gasteiger partial charge < -0.3 is 29.2 Å². The number of rotatable bonds is 14. The molecule has 0 aliphatic rings. The lowest BCUT2D eigenvalue weighted by atomic mass is 9.94. The number of halogens is 1. The first kappa shape index (κ1) is 34.6. The van der Waals surface area contributed by atoms with Crippen LogP contribution in [-0.4, -0.2) is 54.8 Å². The van der Waals surface area contributed by atoms with Crippen LogP contribution in [0.3, 0.4) is 0 Å². The Bertz CT molecular complexity index is 1740. The Labute approximate surface area is 273 Å². The summed E-state index contributed by atoms with van der Waals surface area (Å²) in [5.74, 6) is -0.743. The molecular formula is C37H39FN2O7. The van der Waals surface area contributed by atoms with E-state index >= 15 is 0 Å². The van der Waals surface area contributed by atoms with Crippen molar-refractivity contribution in [3.63, 3.8) is 0 Å². The third-order valence-corrected chi connectivity index (χ3v) is 7.57. The van der Waals surface area contributed by atoms with Gasteiger partial charge in [-0.15, -0.1) is 0 Å². The van der Waals surface area contributed by atoms with Crippen molar-refractivity contribution in [3.05, 3.63) is 102 Å². The fourth-order valence-electron chi connectivity index (χ4n) is 5.40. The van der Waals surface area contributed by atoms with Gasteiger partial charge in [-0.25, -0.2) is 4.39 Å². The molecule has 1 aromatic heterocycles. The van der Waals surface area contributed by atoms with Gasteiger partial charge in [0.2, 0.25) is 0 Å². The van der Waals surface area contributed by atoms with Gasteiger partial charge in [-0.2, -0.15) is 0 Å². The van der Waals surface area contributed by atoms with Gasteiger partial charge in [-0.1, -0.05) is 48.5 Å². The molecule has 9 nitrogen and oxygen atoms in total. The van der Waals surface area contributed by atoms with Crippen molar-refractivity contribution >= 4 is 23.7 Å². The molecule has 0 bridgehead atoms. The predicted molar refractivity (Wildman–Crippen MR) is 178 cm³/mol. The van der Waals surface area contributed by atoms with Crippen molar-refractivity contribution in [1.29, 1.82) is 0 Å². The molecule has 0 saturated heterocycles. The number of carbonyl (C=O) groups excluding carboxylic acids is 3. The number of aliphatic hydroxyl groups excluding tert-OH is 1. The summed E-state index contributed by atoms with van der Waals surface area (Å²) in [4.78, 5) is 38.8. The number of nitrogens with zero attached hydrogens (tertiary/aromatic N) is 1. The second-order valence-electron chi connectivity index (χ2n) is 11.1. The van der Waals surface area contributed by atoms with Crippen molar-refractivity contribution in [2.75, 3.05) is 21.3 Å². The minimum atomic E-state index is -1.22. The van der Waals surface area contributed by atoms with E-state index in [0.717, 1.165) is 11.1 Å². The number of hydrogen-bond donors (Lipinski definition) is 2. The fraction of sp³-hybridized carbons (Fsp3) is 0.270. The van der Waals surface area contributed by atoms with E-state index in [1.165, 1.54) is 25.3 Å². The molecule has 10 heteroatoms. The number of methoxy groups -OCH3 is 3. The summed E-state index contributed by atoms with van der Waals surface area (Å²) < 4.78 is 31.3. The first-order chi connectivity index (χ1) is 22.6. The normalized spacial score (nSPS) is 11.8. The number of ether oxygens (including phenoxy) is 3.